The molecule has 1 saturated heterocycles. The highest BCUT2D eigenvalue weighted by Gasteiger charge is 2.36. The number of nitrogens with zero attached hydrogens (tertiary/aromatic N) is 4. The van der Waals surface area contributed by atoms with Crippen LogP contribution in [-0.4, -0.2) is 84.4 Å². The highest BCUT2D eigenvalue weighted by Crippen LogP contribution is 2.34. The van der Waals surface area contributed by atoms with Gasteiger partial charge in [-0.1, -0.05) is 36.4 Å². The van der Waals surface area contributed by atoms with Crippen molar-refractivity contribution in [2.24, 2.45) is 5.10 Å². The number of nitrogens with one attached hydrogen (secondary N) is 1. The molecule has 0 radical (unpaired) electrons. The number of hydrazone groups is 1. The van der Waals surface area contributed by atoms with Crippen molar-refractivity contribution in [2.45, 2.75) is 32.4 Å². The third-order valence-corrected chi connectivity index (χ3v) is 6.43. The molecule has 1 unspecified atom stereocenters. The molecule has 10 heteroatoms. The first-order valence-corrected chi connectivity index (χ1v) is 12.6. The number of benzene rings is 2. The molecule has 2 aromatic rings. The molecule has 3 amide bonds. The molecule has 2 aromatic carbocycles. The lowest BCUT2D eigenvalue weighted by atomic mass is 9.97. The maximum absolute atomic E-state index is 14.8. The monoisotopic (exact) mass is 513 g/mol. The number of hydrogen-bond donors (Lipinski definition) is 1. The predicted molar refractivity (Wildman–Crippen MR) is 136 cm³/mol. The summed E-state index contributed by atoms with van der Waals surface area (Å²) in [4.78, 5) is 30.2. The fourth-order valence-corrected chi connectivity index (χ4v) is 4.50. The zero-order valence-corrected chi connectivity index (χ0v) is 21.2. The number of carbonyl (C=O) groups excluding carboxylic acids is 2. The van der Waals surface area contributed by atoms with Crippen molar-refractivity contribution in [1.29, 1.82) is 0 Å². The summed E-state index contributed by atoms with van der Waals surface area (Å²) in [6.45, 7) is 7.12. The van der Waals surface area contributed by atoms with Gasteiger partial charge >= 0.3 is 6.03 Å². The van der Waals surface area contributed by atoms with Crippen LogP contribution in [0.5, 0.6) is 0 Å². The molecule has 1 fully saturated rings. The Bertz CT molecular complexity index is 1140. The maximum Gasteiger partial charge on any atom is 0.318 e. The zero-order valence-electron chi connectivity index (χ0n) is 21.2. The van der Waals surface area contributed by atoms with Gasteiger partial charge in [0.2, 0.25) is 0 Å². The van der Waals surface area contributed by atoms with Crippen LogP contribution in [0, 0.1) is 11.6 Å². The Balaban J connectivity index is 1.58. The van der Waals surface area contributed by atoms with Gasteiger partial charge in [0.25, 0.3) is 5.91 Å². The normalized spacial score (nSPS) is 18.1. The lowest BCUT2D eigenvalue weighted by Crippen LogP contribution is -2.50. The number of halogens is 2. The third kappa shape index (κ3) is 6.69. The van der Waals surface area contributed by atoms with E-state index in [1.807, 2.05) is 13.8 Å². The molecule has 0 aliphatic carbocycles. The molecular weight excluding hydrogens is 480 g/mol. The number of amides is 3. The number of rotatable bonds is 8. The first kappa shape index (κ1) is 26.7. The van der Waals surface area contributed by atoms with E-state index in [0.29, 0.717) is 32.0 Å². The number of ether oxygens (including phenoxy) is 1. The topological polar surface area (TPSA) is 77.5 Å². The zero-order chi connectivity index (χ0) is 26.4. The number of carbonyl (C=O) groups is 2. The molecule has 2 heterocycles. The average Bonchev–Trinajstić information content (AvgIpc) is 3.32. The molecule has 2 aliphatic heterocycles. The minimum absolute atomic E-state index is 0.114. The first-order chi connectivity index (χ1) is 17.8. The Kier molecular flexibility index (Phi) is 8.83. The van der Waals surface area contributed by atoms with Crippen molar-refractivity contribution >= 4 is 17.6 Å². The minimum Gasteiger partial charge on any atom is -0.379 e. The number of morpholine rings is 1. The van der Waals surface area contributed by atoms with Crippen LogP contribution in [0.25, 0.3) is 0 Å². The molecule has 0 bridgehead atoms. The molecule has 0 saturated carbocycles. The first-order valence-electron chi connectivity index (χ1n) is 12.6. The fraction of sp³-hybridized carbons (Fsp3) is 0.444. The highest BCUT2D eigenvalue weighted by atomic mass is 19.1. The highest BCUT2D eigenvalue weighted by molar-refractivity contribution is 6.03. The summed E-state index contributed by atoms with van der Waals surface area (Å²) in [5.41, 5.74) is 0.907. The molecule has 0 aromatic heterocycles. The smallest absolute Gasteiger partial charge is 0.318 e. The van der Waals surface area contributed by atoms with Gasteiger partial charge in [-0.2, -0.15) is 5.10 Å². The van der Waals surface area contributed by atoms with Crippen LogP contribution in [0.1, 0.15) is 37.4 Å². The SMILES string of the molecule is CC(C)NC(=O)N(CCN1CCOCC1)CC(=O)N1N=C(c2ccccc2F)CC1c1ccccc1F. The van der Waals surface area contributed by atoms with Gasteiger partial charge in [0.15, 0.2) is 0 Å². The van der Waals surface area contributed by atoms with Gasteiger partial charge < -0.3 is 15.0 Å². The summed E-state index contributed by atoms with van der Waals surface area (Å²) in [5.74, 6) is -1.41. The van der Waals surface area contributed by atoms with Crippen LogP contribution in [0.4, 0.5) is 13.6 Å². The van der Waals surface area contributed by atoms with E-state index in [9.17, 15) is 18.4 Å². The Morgan fingerprint density at radius 2 is 1.76 bits per heavy atom. The molecule has 4 rings (SSSR count). The Morgan fingerprint density at radius 3 is 2.43 bits per heavy atom. The van der Waals surface area contributed by atoms with Crippen LogP contribution in [-0.2, 0) is 9.53 Å². The summed E-state index contributed by atoms with van der Waals surface area (Å²) >= 11 is 0. The van der Waals surface area contributed by atoms with E-state index in [1.165, 1.54) is 22.0 Å². The van der Waals surface area contributed by atoms with Gasteiger partial charge in [-0.3, -0.25) is 9.69 Å². The van der Waals surface area contributed by atoms with Crippen LogP contribution in [0.2, 0.25) is 0 Å². The van der Waals surface area contributed by atoms with Gasteiger partial charge in [-0.15, -0.1) is 0 Å². The second kappa shape index (κ2) is 12.2. The maximum atomic E-state index is 14.8. The second-order valence-corrected chi connectivity index (χ2v) is 9.49. The fourth-order valence-electron chi connectivity index (χ4n) is 4.50. The van der Waals surface area contributed by atoms with Crippen LogP contribution in [0.3, 0.4) is 0 Å². The van der Waals surface area contributed by atoms with E-state index in [0.717, 1.165) is 13.1 Å². The molecule has 198 valence electrons. The van der Waals surface area contributed by atoms with Crippen LogP contribution >= 0.6 is 0 Å². The standard InChI is InChI=1S/C27H33F2N5O3/c1-19(2)30-27(36)33(12-11-32-13-15-37-16-14-32)18-26(35)34-25(21-8-4-6-10-23(21)29)17-24(31-34)20-7-3-5-9-22(20)28/h3-10,19,25H,11-18H2,1-2H3,(H,30,36). The molecule has 1 atom stereocenters. The van der Waals surface area contributed by atoms with Crippen LogP contribution < -0.4 is 5.32 Å². The van der Waals surface area contributed by atoms with Gasteiger partial charge in [0.1, 0.15) is 18.2 Å². The van der Waals surface area contributed by atoms with Gasteiger partial charge in [0, 0.05) is 49.8 Å². The lowest BCUT2D eigenvalue weighted by Gasteiger charge is -2.31. The Labute approximate surface area is 215 Å². The van der Waals surface area contributed by atoms with E-state index in [4.69, 9.17) is 4.74 Å². The summed E-state index contributed by atoms with van der Waals surface area (Å²) < 4.78 is 34.7. The molecular formula is C27H33F2N5O3. The quantitative estimate of drug-likeness (QED) is 0.587. The largest absolute Gasteiger partial charge is 0.379 e. The van der Waals surface area contributed by atoms with Crippen molar-refractivity contribution < 1.29 is 23.1 Å². The Morgan fingerprint density at radius 1 is 1.08 bits per heavy atom. The van der Waals surface area contributed by atoms with Crippen molar-refractivity contribution in [2.75, 3.05) is 45.9 Å². The van der Waals surface area contributed by atoms with E-state index in [-0.39, 0.29) is 36.2 Å². The molecule has 2 aliphatic rings. The number of hydrogen-bond acceptors (Lipinski definition) is 5. The summed E-state index contributed by atoms with van der Waals surface area (Å²) in [5, 5.41) is 8.50. The van der Waals surface area contributed by atoms with Crippen molar-refractivity contribution in [3.05, 3.63) is 71.3 Å². The van der Waals surface area contributed by atoms with E-state index >= 15 is 0 Å². The van der Waals surface area contributed by atoms with Crippen molar-refractivity contribution in [3.63, 3.8) is 0 Å². The predicted octanol–water partition coefficient (Wildman–Crippen LogP) is 3.39. The summed E-state index contributed by atoms with van der Waals surface area (Å²) in [7, 11) is 0. The van der Waals surface area contributed by atoms with E-state index < -0.39 is 23.6 Å². The van der Waals surface area contributed by atoms with Crippen molar-refractivity contribution in [3.8, 4) is 0 Å². The van der Waals surface area contributed by atoms with Gasteiger partial charge in [0.05, 0.1) is 25.0 Å². The lowest BCUT2D eigenvalue weighted by molar-refractivity contribution is -0.133. The minimum atomic E-state index is -0.752. The molecule has 37 heavy (non-hydrogen) atoms. The molecule has 0 spiro atoms. The third-order valence-electron chi connectivity index (χ3n) is 6.43. The van der Waals surface area contributed by atoms with E-state index in [2.05, 4.69) is 15.3 Å². The summed E-state index contributed by atoms with van der Waals surface area (Å²) in [6.07, 6.45) is 0.152. The van der Waals surface area contributed by atoms with Gasteiger partial charge in [-0.25, -0.2) is 18.6 Å². The number of urea groups is 1. The average molecular weight is 514 g/mol. The van der Waals surface area contributed by atoms with Gasteiger partial charge in [-0.05, 0) is 26.0 Å². The van der Waals surface area contributed by atoms with Crippen molar-refractivity contribution in [1.82, 2.24) is 20.1 Å². The van der Waals surface area contributed by atoms with Crippen LogP contribution in [0.15, 0.2) is 53.6 Å². The van der Waals surface area contributed by atoms with E-state index in [1.54, 1.807) is 36.4 Å². The molecule has 8 nitrogen and oxygen atoms in total. The summed E-state index contributed by atoms with van der Waals surface area (Å²) in [6, 6.07) is 11.1. The second-order valence-electron chi connectivity index (χ2n) is 9.49. The molecule has 1 N–H and O–H groups in total. The Hall–Kier alpha value is -3.37.